The number of carbonyl (C=O) groups is 2. The van der Waals surface area contributed by atoms with Gasteiger partial charge in [-0.25, -0.2) is 4.79 Å². The number of nitrogens with one attached hydrogen (secondary N) is 2. The lowest BCUT2D eigenvalue weighted by Crippen LogP contribution is -3.10. The van der Waals surface area contributed by atoms with E-state index in [1.54, 1.807) is 6.92 Å². The summed E-state index contributed by atoms with van der Waals surface area (Å²) in [6.45, 7) is 2.40. The van der Waals surface area contributed by atoms with Crippen LogP contribution in [0, 0.1) is 0 Å². The van der Waals surface area contributed by atoms with Crippen molar-refractivity contribution in [2.75, 3.05) is 25.5 Å². The van der Waals surface area contributed by atoms with Gasteiger partial charge in [0.1, 0.15) is 11.0 Å². The van der Waals surface area contributed by atoms with Gasteiger partial charge in [-0.2, -0.15) is 0 Å². The van der Waals surface area contributed by atoms with Crippen molar-refractivity contribution in [2.45, 2.75) is 32.2 Å². The number of ether oxygens (including phenoxy) is 1. The Labute approximate surface area is 193 Å². The number of amides is 1. The Balaban J connectivity index is 1.54. The second-order valence-corrected chi connectivity index (χ2v) is 9.21. The summed E-state index contributed by atoms with van der Waals surface area (Å²) in [7, 11) is 2.03. The molecule has 0 fully saturated rings. The number of rotatable bonds is 8. The largest absolute Gasteiger partial charge is 0.462 e. The van der Waals surface area contributed by atoms with Gasteiger partial charge < -0.3 is 15.0 Å². The Morgan fingerprint density at radius 3 is 2.25 bits per heavy atom. The first kappa shape index (κ1) is 22.2. The van der Waals surface area contributed by atoms with Crippen molar-refractivity contribution in [1.82, 2.24) is 0 Å². The smallest absolute Gasteiger partial charge is 0.341 e. The number of hydrogen-bond acceptors (Lipinski definition) is 4. The molecule has 6 heteroatoms. The van der Waals surface area contributed by atoms with E-state index in [1.807, 2.05) is 43.4 Å². The molecule has 2 N–H and O–H groups in total. The molecule has 166 valence electrons. The zero-order chi connectivity index (χ0) is 22.5. The predicted molar refractivity (Wildman–Crippen MR) is 127 cm³/mol. The maximum absolute atomic E-state index is 13.1. The first-order valence-corrected chi connectivity index (χ1v) is 11.9. The highest BCUT2D eigenvalue weighted by Crippen LogP contribution is 2.39. The third kappa shape index (κ3) is 4.76. The Bertz CT molecular complexity index is 1040. The van der Waals surface area contributed by atoms with E-state index < -0.39 is 0 Å². The summed E-state index contributed by atoms with van der Waals surface area (Å²) in [5.74, 6) is -0.445. The first-order chi connectivity index (χ1) is 15.6. The SMILES string of the molecule is CCOC(=O)c1c(NC(=O)C[NH+](C)C(c2ccccc2)c2ccccc2)sc2c1CCC2. The lowest BCUT2D eigenvalue weighted by Gasteiger charge is -2.25. The number of carbonyl (C=O) groups excluding carboxylic acids is 2. The van der Waals surface area contributed by atoms with Crippen LogP contribution in [0.2, 0.25) is 0 Å². The van der Waals surface area contributed by atoms with Gasteiger partial charge in [0.05, 0.1) is 19.2 Å². The average Bonchev–Trinajstić information content (AvgIpc) is 3.36. The highest BCUT2D eigenvalue weighted by atomic mass is 32.1. The third-order valence-corrected chi connectivity index (χ3v) is 7.06. The number of benzene rings is 2. The van der Waals surface area contributed by atoms with Crippen molar-refractivity contribution in [3.8, 4) is 0 Å². The van der Waals surface area contributed by atoms with Gasteiger partial charge in [0, 0.05) is 16.0 Å². The van der Waals surface area contributed by atoms with Crippen LogP contribution < -0.4 is 10.2 Å². The Morgan fingerprint density at radius 2 is 1.66 bits per heavy atom. The van der Waals surface area contributed by atoms with Crippen molar-refractivity contribution in [1.29, 1.82) is 0 Å². The molecule has 32 heavy (non-hydrogen) atoms. The second-order valence-electron chi connectivity index (χ2n) is 8.11. The van der Waals surface area contributed by atoms with Gasteiger partial charge in [-0.1, -0.05) is 60.7 Å². The predicted octanol–water partition coefficient (Wildman–Crippen LogP) is 3.66. The fourth-order valence-electron chi connectivity index (χ4n) is 4.49. The molecule has 4 rings (SSSR count). The molecule has 3 aromatic rings. The molecule has 1 unspecified atom stereocenters. The van der Waals surface area contributed by atoms with Crippen molar-refractivity contribution >= 4 is 28.2 Å². The number of quaternary nitrogens is 1. The van der Waals surface area contributed by atoms with Gasteiger partial charge >= 0.3 is 5.97 Å². The van der Waals surface area contributed by atoms with E-state index in [9.17, 15) is 9.59 Å². The van der Waals surface area contributed by atoms with E-state index in [-0.39, 0.29) is 24.5 Å². The van der Waals surface area contributed by atoms with E-state index >= 15 is 0 Å². The lowest BCUT2D eigenvalue weighted by molar-refractivity contribution is -0.897. The third-order valence-electron chi connectivity index (χ3n) is 5.85. The van der Waals surface area contributed by atoms with Gasteiger partial charge in [0.25, 0.3) is 5.91 Å². The number of likely N-dealkylation sites (N-methyl/N-ethyl adjacent to an activating group) is 1. The highest BCUT2D eigenvalue weighted by molar-refractivity contribution is 7.17. The second kappa shape index (κ2) is 10.1. The quantitative estimate of drug-likeness (QED) is 0.516. The summed E-state index contributed by atoms with van der Waals surface area (Å²) < 4.78 is 5.28. The molecular formula is C26H29N2O3S+. The van der Waals surface area contributed by atoms with E-state index in [4.69, 9.17) is 4.74 Å². The molecule has 1 aliphatic rings. The molecule has 0 aliphatic heterocycles. The first-order valence-electron chi connectivity index (χ1n) is 11.1. The number of aryl methyl sites for hydroxylation is 1. The van der Waals surface area contributed by atoms with Crippen LogP contribution in [0.15, 0.2) is 60.7 Å². The van der Waals surface area contributed by atoms with Crippen LogP contribution >= 0.6 is 11.3 Å². The maximum atomic E-state index is 13.1. The molecule has 2 aromatic carbocycles. The van der Waals surface area contributed by atoms with E-state index in [0.29, 0.717) is 17.2 Å². The van der Waals surface area contributed by atoms with Crippen molar-refractivity contribution in [3.63, 3.8) is 0 Å². The van der Waals surface area contributed by atoms with Crippen LogP contribution in [0.5, 0.6) is 0 Å². The van der Waals surface area contributed by atoms with Gasteiger partial charge in [-0.15, -0.1) is 11.3 Å². The molecular weight excluding hydrogens is 420 g/mol. The molecule has 1 atom stereocenters. The van der Waals surface area contributed by atoms with Crippen LogP contribution in [0.25, 0.3) is 0 Å². The van der Waals surface area contributed by atoms with Gasteiger partial charge in [-0.05, 0) is 31.7 Å². The molecule has 0 spiro atoms. The number of fused-ring (bicyclic) bond motifs is 1. The Morgan fingerprint density at radius 1 is 1.03 bits per heavy atom. The van der Waals surface area contributed by atoms with E-state index in [0.717, 1.165) is 40.9 Å². The molecule has 5 nitrogen and oxygen atoms in total. The summed E-state index contributed by atoms with van der Waals surface area (Å²) in [6.07, 6.45) is 2.87. The molecule has 0 saturated heterocycles. The zero-order valence-corrected chi connectivity index (χ0v) is 19.3. The normalized spacial score (nSPS) is 13.6. The molecule has 1 aromatic heterocycles. The average molecular weight is 450 g/mol. The zero-order valence-electron chi connectivity index (χ0n) is 18.5. The van der Waals surface area contributed by atoms with Crippen LogP contribution in [0.3, 0.4) is 0 Å². The fourth-order valence-corrected chi connectivity index (χ4v) is 5.78. The summed E-state index contributed by atoms with van der Waals surface area (Å²) in [5.41, 5.74) is 3.92. The minimum absolute atomic E-state index is 0.0287. The minimum atomic E-state index is -0.339. The molecule has 1 aliphatic carbocycles. The van der Waals surface area contributed by atoms with E-state index in [1.165, 1.54) is 16.2 Å². The van der Waals surface area contributed by atoms with Gasteiger partial charge in [0.2, 0.25) is 0 Å². The number of anilines is 1. The van der Waals surface area contributed by atoms with Crippen LogP contribution in [-0.4, -0.2) is 32.1 Å². The van der Waals surface area contributed by atoms with Gasteiger partial charge in [-0.3, -0.25) is 4.79 Å². The molecule has 0 bridgehead atoms. The van der Waals surface area contributed by atoms with Crippen LogP contribution in [0.4, 0.5) is 5.00 Å². The highest BCUT2D eigenvalue weighted by Gasteiger charge is 2.30. The summed E-state index contributed by atoms with van der Waals surface area (Å²) in [4.78, 5) is 27.9. The molecule has 0 saturated carbocycles. The van der Waals surface area contributed by atoms with Crippen molar-refractivity contribution < 1.29 is 19.2 Å². The maximum Gasteiger partial charge on any atom is 0.341 e. The molecule has 1 heterocycles. The number of thiophene rings is 1. The summed E-state index contributed by atoms with van der Waals surface area (Å²) in [5, 5.41) is 3.65. The molecule has 1 amide bonds. The van der Waals surface area contributed by atoms with Gasteiger partial charge in [0.15, 0.2) is 6.54 Å². The number of esters is 1. The fraction of sp³-hybridized carbons (Fsp3) is 0.308. The van der Waals surface area contributed by atoms with Crippen LogP contribution in [0.1, 0.15) is 51.3 Å². The van der Waals surface area contributed by atoms with Crippen LogP contribution in [-0.2, 0) is 22.4 Å². The summed E-state index contributed by atoms with van der Waals surface area (Å²) >= 11 is 1.52. The standard InChI is InChI=1S/C26H28N2O3S/c1-3-31-26(30)23-20-15-10-16-21(20)32-25(23)27-22(29)17-28(2)24(18-11-6-4-7-12-18)19-13-8-5-9-14-19/h4-9,11-14,24H,3,10,15-17H2,1-2H3,(H,27,29)/p+1. The van der Waals surface area contributed by atoms with E-state index in [2.05, 4.69) is 29.6 Å². The molecule has 0 radical (unpaired) electrons. The van der Waals surface area contributed by atoms with Crippen molar-refractivity contribution in [2.24, 2.45) is 0 Å². The summed E-state index contributed by atoms with van der Waals surface area (Å²) in [6, 6.07) is 20.5. The Kier molecular flexibility index (Phi) is 7.02. The minimum Gasteiger partial charge on any atom is -0.462 e. The van der Waals surface area contributed by atoms with Crippen molar-refractivity contribution in [3.05, 3.63) is 87.8 Å². The monoisotopic (exact) mass is 449 g/mol. The number of hydrogen-bond donors (Lipinski definition) is 2. The lowest BCUT2D eigenvalue weighted by atomic mass is 9.97. The topological polar surface area (TPSA) is 59.8 Å². The Hall–Kier alpha value is -2.96.